The molecule has 0 spiro atoms. The Morgan fingerprint density at radius 1 is 1.33 bits per heavy atom. The predicted molar refractivity (Wildman–Crippen MR) is 49.7 cm³/mol. The van der Waals surface area contributed by atoms with Crippen LogP contribution in [0.5, 0.6) is 5.75 Å². The number of hydrogen-bond acceptors (Lipinski definition) is 1. The Kier molecular flexibility index (Phi) is 3.96. The standard InChI is InChI=1S/C10H12F3NO/c1-14-5-6-15-9-4-2-3-8(7-9)10(11,12)13/h2-4,7,14H,5-6H2,1H3/p+1. The van der Waals surface area contributed by atoms with Crippen LogP contribution in [0.3, 0.4) is 0 Å². The molecule has 1 aromatic carbocycles. The molecule has 5 heteroatoms. The maximum absolute atomic E-state index is 12.3. The number of quaternary nitrogens is 1. The summed E-state index contributed by atoms with van der Waals surface area (Å²) in [6.45, 7) is 1.12. The van der Waals surface area contributed by atoms with Gasteiger partial charge in [-0.15, -0.1) is 0 Å². The summed E-state index contributed by atoms with van der Waals surface area (Å²) in [5.74, 6) is 0.256. The molecule has 0 saturated carbocycles. The minimum Gasteiger partial charge on any atom is -0.488 e. The monoisotopic (exact) mass is 220 g/mol. The number of benzene rings is 1. The molecular formula is C10H13F3NO+. The lowest BCUT2D eigenvalue weighted by Crippen LogP contribution is -2.80. The zero-order valence-corrected chi connectivity index (χ0v) is 8.34. The largest absolute Gasteiger partial charge is 0.488 e. The number of hydrogen-bond donors (Lipinski definition) is 1. The van der Waals surface area contributed by atoms with E-state index in [1.807, 2.05) is 12.4 Å². The fourth-order valence-electron chi connectivity index (χ4n) is 1.06. The van der Waals surface area contributed by atoms with Crippen LogP contribution in [0, 0.1) is 0 Å². The fourth-order valence-corrected chi connectivity index (χ4v) is 1.06. The van der Waals surface area contributed by atoms with Crippen LogP contribution in [0.2, 0.25) is 0 Å². The predicted octanol–water partition coefficient (Wildman–Crippen LogP) is 1.28. The molecule has 0 aromatic heterocycles. The van der Waals surface area contributed by atoms with Crippen molar-refractivity contribution in [2.75, 3.05) is 20.2 Å². The highest BCUT2D eigenvalue weighted by molar-refractivity contribution is 5.30. The van der Waals surface area contributed by atoms with Gasteiger partial charge in [0.05, 0.1) is 12.6 Å². The summed E-state index contributed by atoms with van der Waals surface area (Å²) in [7, 11) is 1.87. The minimum absolute atomic E-state index is 0.256. The molecule has 0 atom stereocenters. The van der Waals surface area contributed by atoms with Crippen molar-refractivity contribution >= 4 is 0 Å². The van der Waals surface area contributed by atoms with E-state index in [1.54, 1.807) is 0 Å². The van der Waals surface area contributed by atoms with Gasteiger partial charge in [0.25, 0.3) is 0 Å². The third-order valence-corrected chi connectivity index (χ3v) is 1.84. The molecule has 0 unspecified atom stereocenters. The minimum atomic E-state index is -4.31. The average molecular weight is 220 g/mol. The van der Waals surface area contributed by atoms with Crippen LogP contribution >= 0.6 is 0 Å². The van der Waals surface area contributed by atoms with Gasteiger partial charge in [0.1, 0.15) is 18.9 Å². The molecule has 1 aromatic rings. The first-order valence-electron chi connectivity index (χ1n) is 4.62. The maximum Gasteiger partial charge on any atom is 0.416 e. The van der Waals surface area contributed by atoms with Crippen molar-refractivity contribution < 1.29 is 23.2 Å². The average Bonchev–Trinajstić information content (AvgIpc) is 2.17. The molecule has 0 amide bonds. The summed E-state index contributed by atoms with van der Waals surface area (Å²) in [5, 5.41) is 1.90. The molecule has 0 aliphatic rings. The second-order valence-electron chi connectivity index (χ2n) is 3.07. The third-order valence-electron chi connectivity index (χ3n) is 1.84. The lowest BCUT2D eigenvalue weighted by molar-refractivity contribution is -0.627. The van der Waals surface area contributed by atoms with Gasteiger partial charge in [-0.3, -0.25) is 0 Å². The first kappa shape index (κ1) is 11.8. The smallest absolute Gasteiger partial charge is 0.416 e. The maximum atomic E-state index is 12.3. The van der Waals surface area contributed by atoms with Crippen molar-refractivity contribution in [2.45, 2.75) is 6.18 Å². The van der Waals surface area contributed by atoms with E-state index in [0.29, 0.717) is 6.61 Å². The van der Waals surface area contributed by atoms with Gasteiger partial charge in [-0.2, -0.15) is 13.2 Å². The number of nitrogens with two attached hydrogens (primary N) is 1. The van der Waals surface area contributed by atoms with E-state index in [1.165, 1.54) is 12.1 Å². The zero-order valence-electron chi connectivity index (χ0n) is 8.34. The van der Waals surface area contributed by atoms with Gasteiger partial charge in [-0.1, -0.05) is 6.07 Å². The molecule has 2 N–H and O–H groups in total. The second kappa shape index (κ2) is 5.02. The van der Waals surface area contributed by atoms with E-state index in [9.17, 15) is 13.2 Å². The number of halogens is 3. The first-order valence-corrected chi connectivity index (χ1v) is 4.62. The summed E-state index contributed by atoms with van der Waals surface area (Å²) in [4.78, 5) is 0. The van der Waals surface area contributed by atoms with E-state index >= 15 is 0 Å². The van der Waals surface area contributed by atoms with Gasteiger partial charge in [0.2, 0.25) is 0 Å². The Morgan fingerprint density at radius 3 is 2.67 bits per heavy atom. The summed E-state index contributed by atoms with van der Waals surface area (Å²) >= 11 is 0. The van der Waals surface area contributed by atoms with Crippen molar-refractivity contribution in [1.29, 1.82) is 0 Å². The Balaban J connectivity index is 2.66. The van der Waals surface area contributed by atoms with Crippen molar-refractivity contribution in [3.63, 3.8) is 0 Å². The van der Waals surface area contributed by atoms with Crippen molar-refractivity contribution in [3.05, 3.63) is 29.8 Å². The van der Waals surface area contributed by atoms with Crippen LogP contribution in [0.25, 0.3) is 0 Å². The molecule has 0 saturated heterocycles. The molecule has 0 heterocycles. The van der Waals surface area contributed by atoms with Crippen molar-refractivity contribution in [2.24, 2.45) is 0 Å². The molecule has 84 valence electrons. The van der Waals surface area contributed by atoms with Gasteiger partial charge < -0.3 is 10.1 Å². The second-order valence-corrected chi connectivity index (χ2v) is 3.07. The summed E-state index contributed by atoms with van der Waals surface area (Å²) in [6, 6.07) is 4.90. The summed E-state index contributed by atoms with van der Waals surface area (Å²) in [6.07, 6.45) is -4.31. The first-order chi connectivity index (χ1) is 7.04. The molecule has 1 rings (SSSR count). The molecule has 0 aliphatic carbocycles. The Labute approximate surface area is 86.1 Å². The van der Waals surface area contributed by atoms with Crippen LogP contribution in [0.1, 0.15) is 5.56 Å². The number of alkyl halides is 3. The van der Waals surface area contributed by atoms with E-state index in [2.05, 4.69) is 0 Å². The Hall–Kier alpha value is -1.23. The van der Waals surface area contributed by atoms with E-state index in [4.69, 9.17) is 4.74 Å². The zero-order chi connectivity index (χ0) is 11.3. The quantitative estimate of drug-likeness (QED) is 0.760. The van der Waals surface area contributed by atoms with Gasteiger partial charge >= 0.3 is 6.18 Å². The van der Waals surface area contributed by atoms with Crippen LogP contribution < -0.4 is 10.1 Å². The number of rotatable bonds is 4. The SMILES string of the molecule is C[NH2+]CCOc1cccc(C(F)(F)F)c1. The van der Waals surface area contributed by atoms with Crippen LogP contribution in [0.4, 0.5) is 13.2 Å². The topological polar surface area (TPSA) is 25.8 Å². The molecule has 15 heavy (non-hydrogen) atoms. The normalized spacial score (nSPS) is 11.5. The Bertz CT molecular complexity index is 312. The molecule has 0 bridgehead atoms. The summed E-state index contributed by atoms with van der Waals surface area (Å²) in [5.41, 5.74) is -0.680. The number of ether oxygens (including phenoxy) is 1. The van der Waals surface area contributed by atoms with Crippen molar-refractivity contribution in [3.8, 4) is 5.75 Å². The lowest BCUT2D eigenvalue weighted by atomic mass is 10.2. The van der Waals surface area contributed by atoms with Gasteiger partial charge in [0, 0.05) is 0 Å². The highest BCUT2D eigenvalue weighted by Gasteiger charge is 2.30. The molecular weight excluding hydrogens is 207 g/mol. The molecule has 0 fully saturated rings. The highest BCUT2D eigenvalue weighted by atomic mass is 19.4. The van der Waals surface area contributed by atoms with Crippen LogP contribution in [-0.4, -0.2) is 20.2 Å². The number of likely N-dealkylation sites (N-methyl/N-ethyl adjacent to an activating group) is 1. The fraction of sp³-hybridized carbons (Fsp3) is 0.400. The van der Waals surface area contributed by atoms with Crippen LogP contribution in [0.15, 0.2) is 24.3 Å². The Morgan fingerprint density at radius 2 is 2.07 bits per heavy atom. The summed E-state index contributed by atoms with van der Waals surface area (Å²) < 4.78 is 42.0. The molecule has 0 radical (unpaired) electrons. The van der Waals surface area contributed by atoms with Gasteiger partial charge in [0.15, 0.2) is 0 Å². The van der Waals surface area contributed by atoms with E-state index in [0.717, 1.165) is 18.7 Å². The molecule has 0 aliphatic heterocycles. The van der Waals surface area contributed by atoms with E-state index in [-0.39, 0.29) is 5.75 Å². The molecule has 2 nitrogen and oxygen atoms in total. The van der Waals surface area contributed by atoms with Crippen molar-refractivity contribution in [1.82, 2.24) is 0 Å². The lowest BCUT2D eigenvalue weighted by Gasteiger charge is -2.09. The highest BCUT2D eigenvalue weighted by Crippen LogP contribution is 2.31. The van der Waals surface area contributed by atoms with Gasteiger partial charge in [-0.25, -0.2) is 0 Å². The van der Waals surface area contributed by atoms with Crippen LogP contribution in [-0.2, 0) is 6.18 Å². The van der Waals surface area contributed by atoms with E-state index < -0.39 is 11.7 Å². The van der Waals surface area contributed by atoms with Gasteiger partial charge in [-0.05, 0) is 18.2 Å². The third kappa shape index (κ3) is 3.79.